The Hall–Kier alpha value is -3.60. The summed E-state index contributed by atoms with van der Waals surface area (Å²) in [7, 11) is 1.32. The first-order valence-corrected chi connectivity index (χ1v) is 9.39. The van der Waals surface area contributed by atoms with E-state index in [4.69, 9.17) is 10.5 Å². The van der Waals surface area contributed by atoms with Crippen LogP contribution in [0.15, 0.2) is 101 Å². The van der Waals surface area contributed by atoms with Gasteiger partial charge < -0.3 is 10.5 Å². The predicted molar refractivity (Wildman–Crippen MR) is 120 cm³/mol. The van der Waals surface area contributed by atoms with Gasteiger partial charge in [-0.25, -0.2) is 9.79 Å². The van der Waals surface area contributed by atoms with Crippen molar-refractivity contribution < 1.29 is 9.53 Å². The number of rotatable bonds is 6. The van der Waals surface area contributed by atoms with E-state index < -0.39 is 5.97 Å². The number of hydrogen-bond acceptors (Lipinski definition) is 4. The summed E-state index contributed by atoms with van der Waals surface area (Å²) in [5.41, 5.74) is 10.6. The molecule has 0 bridgehead atoms. The first-order chi connectivity index (χ1) is 14.1. The molecule has 0 saturated carbocycles. The molecule has 3 aromatic rings. The van der Waals surface area contributed by atoms with Crippen molar-refractivity contribution in [2.24, 2.45) is 10.7 Å². The molecule has 3 rings (SSSR count). The molecule has 5 heteroatoms. The maximum absolute atomic E-state index is 12.0. The number of carbonyl (C=O) groups is 1. The van der Waals surface area contributed by atoms with E-state index in [2.05, 4.69) is 35.3 Å². The Balaban J connectivity index is 2.11. The lowest BCUT2D eigenvalue weighted by molar-refractivity contribution is -0.136. The molecule has 0 unspecified atom stereocenters. The Labute approximate surface area is 171 Å². The molecule has 0 radical (unpaired) electrons. The molecule has 0 amide bonds. The Morgan fingerprint density at radius 2 is 1.41 bits per heavy atom. The van der Waals surface area contributed by atoms with Crippen molar-refractivity contribution in [3.8, 4) is 0 Å². The summed E-state index contributed by atoms with van der Waals surface area (Å²) in [6.45, 7) is 1.66. The molecule has 4 nitrogen and oxygen atoms in total. The zero-order valence-electron chi connectivity index (χ0n) is 16.6. The molecule has 3 aromatic carbocycles. The highest BCUT2D eigenvalue weighted by atomic mass is 16.5. The van der Waals surface area contributed by atoms with Crippen LogP contribution in [0.2, 0.25) is 0 Å². The summed E-state index contributed by atoms with van der Waals surface area (Å²) >= 11 is 0. The van der Waals surface area contributed by atoms with Gasteiger partial charge in [-0.05, 0) is 12.5 Å². The van der Waals surface area contributed by atoms with Crippen LogP contribution in [0.3, 0.4) is 0 Å². The van der Waals surface area contributed by atoms with Crippen LogP contribution >= 0.6 is 0 Å². The second-order valence-electron chi connectivity index (χ2n) is 6.66. The quantitative estimate of drug-likeness (QED) is 0.307. The lowest BCUT2D eigenvalue weighted by Gasteiger charge is -2.17. The summed E-state index contributed by atoms with van der Waals surface area (Å²) in [5.74, 6) is -0.554. The van der Waals surface area contributed by atoms with E-state index in [1.165, 1.54) is 18.0 Å². The molecule has 0 atom stereocenters. The van der Waals surface area contributed by atoms with Crippen molar-refractivity contribution in [3.63, 3.8) is 0 Å². The molecule has 0 saturated heterocycles. The second kappa shape index (κ2) is 9.56. The molecule has 0 aliphatic carbocycles. The number of benzene rings is 3. The van der Waals surface area contributed by atoms with Gasteiger partial charge in [0.15, 0.2) is 5.70 Å². The van der Waals surface area contributed by atoms with Crippen LogP contribution in [0.5, 0.6) is 0 Å². The van der Waals surface area contributed by atoms with E-state index in [9.17, 15) is 4.79 Å². The standard InChI is InChI=1S/C24H23BN2O2/c1-18(26)23(24(28)29-2)27-17-19-11-9-10-16-22(19)25(20-12-5-3-6-13-20)21-14-7-4-8-15-21/h3-17H,26H2,1-2H3. The average molecular weight is 382 g/mol. The zero-order chi connectivity index (χ0) is 20.6. The topological polar surface area (TPSA) is 64.7 Å². The van der Waals surface area contributed by atoms with Crippen molar-refractivity contribution in [1.82, 2.24) is 0 Å². The molecule has 0 aliphatic heterocycles. The van der Waals surface area contributed by atoms with E-state index in [1.54, 1.807) is 13.1 Å². The second-order valence-corrected chi connectivity index (χ2v) is 6.66. The monoisotopic (exact) mass is 382 g/mol. The number of hydrogen-bond donors (Lipinski definition) is 1. The highest BCUT2D eigenvalue weighted by molar-refractivity contribution is 6.96. The number of allylic oxidation sites excluding steroid dienone is 1. The molecule has 0 aliphatic rings. The lowest BCUT2D eigenvalue weighted by atomic mass is 9.36. The minimum absolute atomic E-state index is 0.0320. The smallest absolute Gasteiger partial charge is 0.358 e. The van der Waals surface area contributed by atoms with E-state index >= 15 is 0 Å². The summed E-state index contributed by atoms with van der Waals surface area (Å²) in [5, 5.41) is 0. The minimum atomic E-state index is -0.554. The maximum atomic E-state index is 12.0. The van der Waals surface area contributed by atoms with E-state index in [0.29, 0.717) is 5.70 Å². The van der Waals surface area contributed by atoms with Gasteiger partial charge in [-0.15, -0.1) is 0 Å². The highest BCUT2D eigenvalue weighted by Crippen LogP contribution is 2.05. The van der Waals surface area contributed by atoms with E-state index in [1.807, 2.05) is 54.6 Å². The fourth-order valence-electron chi connectivity index (χ4n) is 3.28. The Morgan fingerprint density at radius 3 is 1.93 bits per heavy atom. The number of esters is 1. The first-order valence-electron chi connectivity index (χ1n) is 9.39. The third-order valence-corrected chi connectivity index (χ3v) is 4.66. The number of nitrogens with two attached hydrogens (primary N) is 1. The van der Waals surface area contributed by atoms with Gasteiger partial charge in [-0.3, -0.25) is 0 Å². The number of carbonyl (C=O) groups excluding carboxylic acids is 1. The molecule has 0 spiro atoms. The van der Waals surface area contributed by atoms with Crippen molar-refractivity contribution in [2.45, 2.75) is 6.92 Å². The largest absolute Gasteiger partial charge is 0.464 e. The van der Waals surface area contributed by atoms with Gasteiger partial charge in [-0.2, -0.15) is 0 Å². The number of ether oxygens (including phenoxy) is 1. The van der Waals surface area contributed by atoms with Gasteiger partial charge in [0, 0.05) is 11.9 Å². The predicted octanol–water partition coefficient (Wildman–Crippen LogP) is 1.98. The maximum Gasteiger partial charge on any atom is 0.358 e. The van der Waals surface area contributed by atoms with Crippen LogP contribution in [-0.2, 0) is 9.53 Å². The van der Waals surface area contributed by atoms with Gasteiger partial charge in [0.1, 0.15) is 0 Å². The highest BCUT2D eigenvalue weighted by Gasteiger charge is 2.23. The first kappa shape index (κ1) is 20.1. The summed E-state index contributed by atoms with van der Waals surface area (Å²) in [6.07, 6.45) is 1.68. The Kier molecular flexibility index (Phi) is 6.64. The summed E-state index contributed by atoms with van der Waals surface area (Å²) in [6, 6.07) is 28.7. The van der Waals surface area contributed by atoms with Crippen molar-refractivity contribution in [3.05, 3.63) is 102 Å². The Morgan fingerprint density at radius 1 is 0.897 bits per heavy atom. The third kappa shape index (κ3) is 4.82. The van der Waals surface area contributed by atoms with Crippen molar-refractivity contribution >= 4 is 35.3 Å². The van der Waals surface area contributed by atoms with Crippen LogP contribution in [0, 0.1) is 0 Å². The van der Waals surface area contributed by atoms with Crippen molar-refractivity contribution in [2.75, 3.05) is 7.11 Å². The molecule has 2 N–H and O–H groups in total. The molecular weight excluding hydrogens is 359 g/mol. The van der Waals surface area contributed by atoms with E-state index in [-0.39, 0.29) is 12.4 Å². The SMILES string of the molecule is COC(=O)C(N=Cc1ccccc1B(c1ccccc1)c1ccccc1)=C(C)N. The average Bonchev–Trinajstić information content (AvgIpc) is 2.76. The lowest BCUT2D eigenvalue weighted by Crippen LogP contribution is -2.53. The Bertz CT molecular complexity index is 988. The normalized spacial score (nSPS) is 11.8. The molecule has 144 valence electrons. The minimum Gasteiger partial charge on any atom is -0.464 e. The molecule has 0 fully saturated rings. The summed E-state index contributed by atoms with van der Waals surface area (Å²) in [4.78, 5) is 16.3. The van der Waals surface area contributed by atoms with Crippen LogP contribution in [0.4, 0.5) is 0 Å². The molecule has 0 heterocycles. The zero-order valence-corrected chi connectivity index (χ0v) is 16.6. The van der Waals surface area contributed by atoms with Gasteiger partial charge in [0.05, 0.1) is 7.11 Å². The molecular formula is C24H23BN2O2. The molecule has 0 aromatic heterocycles. The number of methoxy groups -OCH3 is 1. The fourth-order valence-corrected chi connectivity index (χ4v) is 3.28. The van der Waals surface area contributed by atoms with Crippen LogP contribution in [-0.4, -0.2) is 26.0 Å². The van der Waals surface area contributed by atoms with Crippen LogP contribution < -0.4 is 22.1 Å². The summed E-state index contributed by atoms with van der Waals surface area (Å²) < 4.78 is 4.79. The fraction of sp³-hybridized carbons (Fsp3) is 0.0833. The van der Waals surface area contributed by atoms with Gasteiger partial charge in [0.25, 0.3) is 0 Å². The van der Waals surface area contributed by atoms with Crippen LogP contribution in [0.1, 0.15) is 12.5 Å². The number of aliphatic imine (C=N–C) groups is 1. The van der Waals surface area contributed by atoms with Gasteiger partial charge in [-0.1, -0.05) is 101 Å². The van der Waals surface area contributed by atoms with Crippen LogP contribution in [0.25, 0.3) is 0 Å². The molecule has 29 heavy (non-hydrogen) atoms. The van der Waals surface area contributed by atoms with Gasteiger partial charge in [0.2, 0.25) is 6.71 Å². The van der Waals surface area contributed by atoms with Crippen molar-refractivity contribution in [1.29, 1.82) is 0 Å². The van der Waals surface area contributed by atoms with E-state index in [0.717, 1.165) is 11.0 Å². The third-order valence-electron chi connectivity index (χ3n) is 4.66. The van der Waals surface area contributed by atoms with Gasteiger partial charge >= 0.3 is 5.97 Å². The number of nitrogens with zero attached hydrogens (tertiary/aromatic N) is 1.